The third kappa shape index (κ3) is 3.67. The Hall–Kier alpha value is -1.62. The van der Waals surface area contributed by atoms with Crippen LogP contribution in [0.25, 0.3) is 0 Å². The normalized spacial score (nSPS) is 15.5. The number of Topliss-reactive ketones (excluding diaryl/α,β-unsaturated/α-hetero) is 1. The topological polar surface area (TPSA) is 46.6 Å². The van der Waals surface area contributed by atoms with E-state index >= 15 is 0 Å². The Morgan fingerprint density at radius 1 is 1.37 bits per heavy atom. The highest BCUT2D eigenvalue weighted by Gasteiger charge is 2.21. The number of likely N-dealkylation sites (tertiary alicyclic amines) is 1. The van der Waals surface area contributed by atoms with Crippen LogP contribution in [0.5, 0.6) is 5.75 Å². The number of rotatable bonds is 3. The molecular formula is C13H13ClFNO3. The molecule has 0 radical (unpaired) electrons. The Bertz CT molecular complexity index is 497. The van der Waals surface area contributed by atoms with Crippen molar-refractivity contribution < 1.29 is 18.7 Å². The Kier molecular flexibility index (Phi) is 4.37. The number of hydrogen-bond donors (Lipinski definition) is 0. The van der Waals surface area contributed by atoms with Crippen LogP contribution in [0.3, 0.4) is 0 Å². The summed E-state index contributed by atoms with van der Waals surface area (Å²) in [5.74, 6) is -0.399. The van der Waals surface area contributed by atoms with Crippen molar-refractivity contribution in [3.63, 3.8) is 0 Å². The summed E-state index contributed by atoms with van der Waals surface area (Å²) in [5.41, 5.74) is 0. The maximum absolute atomic E-state index is 13.0. The van der Waals surface area contributed by atoms with Crippen molar-refractivity contribution >= 4 is 23.3 Å². The van der Waals surface area contributed by atoms with Crippen LogP contribution in [0.1, 0.15) is 12.8 Å². The summed E-state index contributed by atoms with van der Waals surface area (Å²) in [6.45, 7) is 0.618. The second-order valence-electron chi connectivity index (χ2n) is 4.28. The van der Waals surface area contributed by atoms with Gasteiger partial charge in [-0.05, 0) is 12.1 Å². The van der Waals surface area contributed by atoms with Crippen molar-refractivity contribution in [2.45, 2.75) is 12.8 Å². The largest absolute Gasteiger partial charge is 0.482 e. The fourth-order valence-corrected chi connectivity index (χ4v) is 2.00. The van der Waals surface area contributed by atoms with Crippen molar-refractivity contribution in [3.8, 4) is 5.75 Å². The van der Waals surface area contributed by atoms with E-state index in [1.54, 1.807) is 4.90 Å². The molecule has 6 heteroatoms. The number of carbonyl (C=O) groups excluding carboxylic acids is 2. The number of ketones is 1. The maximum Gasteiger partial charge on any atom is 0.260 e. The van der Waals surface area contributed by atoms with Gasteiger partial charge in [0.25, 0.3) is 5.91 Å². The first-order valence-electron chi connectivity index (χ1n) is 5.93. The van der Waals surface area contributed by atoms with E-state index in [0.29, 0.717) is 25.9 Å². The van der Waals surface area contributed by atoms with Gasteiger partial charge in [0, 0.05) is 32.0 Å². The SMILES string of the molecule is O=C1CCN(C(=O)COc2cc(F)ccc2Cl)CC1. The molecule has 1 saturated heterocycles. The van der Waals surface area contributed by atoms with Gasteiger partial charge in [-0.3, -0.25) is 9.59 Å². The van der Waals surface area contributed by atoms with Crippen LogP contribution in [0.2, 0.25) is 5.02 Å². The molecule has 4 nitrogen and oxygen atoms in total. The number of carbonyl (C=O) groups is 2. The van der Waals surface area contributed by atoms with Gasteiger partial charge in [0.05, 0.1) is 5.02 Å². The van der Waals surface area contributed by atoms with Crippen LogP contribution in [-0.4, -0.2) is 36.3 Å². The highest BCUT2D eigenvalue weighted by atomic mass is 35.5. The molecule has 0 aliphatic carbocycles. The summed E-state index contributed by atoms with van der Waals surface area (Å²) in [6.07, 6.45) is 0.763. The molecule has 0 saturated carbocycles. The van der Waals surface area contributed by atoms with E-state index in [2.05, 4.69) is 0 Å². The van der Waals surface area contributed by atoms with Crippen LogP contribution in [-0.2, 0) is 9.59 Å². The van der Waals surface area contributed by atoms with E-state index in [1.165, 1.54) is 12.1 Å². The molecule has 0 spiro atoms. The van der Waals surface area contributed by atoms with Gasteiger partial charge < -0.3 is 9.64 Å². The van der Waals surface area contributed by atoms with Gasteiger partial charge in [0.15, 0.2) is 6.61 Å². The van der Waals surface area contributed by atoms with Gasteiger partial charge in [0.1, 0.15) is 17.3 Å². The summed E-state index contributed by atoms with van der Waals surface area (Å²) < 4.78 is 18.2. The summed E-state index contributed by atoms with van der Waals surface area (Å²) in [6, 6.07) is 3.72. The molecule has 2 rings (SSSR count). The Labute approximate surface area is 115 Å². The molecule has 0 bridgehead atoms. The third-order valence-corrected chi connectivity index (χ3v) is 3.23. The van der Waals surface area contributed by atoms with Crippen LogP contribution in [0.4, 0.5) is 4.39 Å². The van der Waals surface area contributed by atoms with Gasteiger partial charge in [0.2, 0.25) is 0 Å². The molecule has 0 unspecified atom stereocenters. The van der Waals surface area contributed by atoms with Gasteiger partial charge in [-0.15, -0.1) is 0 Å². The molecule has 1 heterocycles. The number of amides is 1. The molecule has 1 aliphatic rings. The predicted molar refractivity (Wildman–Crippen MR) is 67.7 cm³/mol. The molecule has 19 heavy (non-hydrogen) atoms. The van der Waals surface area contributed by atoms with Crippen LogP contribution >= 0.6 is 11.6 Å². The van der Waals surface area contributed by atoms with Crippen molar-refractivity contribution in [2.75, 3.05) is 19.7 Å². The Balaban J connectivity index is 1.89. The summed E-state index contributed by atoms with van der Waals surface area (Å²) in [5, 5.41) is 0.253. The van der Waals surface area contributed by atoms with Gasteiger partial charge in [-0.2, -0.15) is 0 Å². The molecule has 1 fully saturated rings. The van der Waals surface area contributed by atoms with Crippen molar-refractivity contribution in [3.05, 3.63) is 29.0 Å². The summed E-state index contributed by atoms with van der Waals surface area (Å²) in [7, 11) is 0. The first-order valence-corrected chi connectivity index (χ1v) is 6.31. The third-order valence-electron chi connectivity index (χ3n) is 2.92. The number of benzene rings is 1. The standard InChI is InChI=1S/C13H13ClFNO3/c14-11-2-1-9(15)7-12(11)19-8-13(18)16-5-3-10(17)4-6-16/h1-2,7H,3-6,8H2. The van der Waals surface area contributed by atoms with Gasteiger partial charge >= 0.3 is 0 Å². The number of hydrogen-bond acceptors (Lipinski definition) is 3. The van der Waals surface area contributed by atoms with Crippen LogP contribution < -0.4 is 4.74 Å². The Morgan fingerprint density at radius 3 is 2.74 bits per heavy atom. The van der Waals surface area contributed by atoms with Crippen LogP contribution in [0, 0.1) is 5.82 Å². The van der Waals surface area contributed by atoms with E-state index in [0.717, 1.165) is 6.07 Å². The highest BCUT2D eigenvalue weighted by molar-refractivity contribution is 6.32. The predicted octanol–water partition coefficient (Wildman–Crippen LogP) is 2.05. The first-order chi connectivity index (χ1) is 9.06. The molecule has 1 amide bonds. The molecule has 1 aromatic carbocycles. The zero-order valence-corrected chi connectivity index (χ0v) is 11.0. The number of nitrogens with zero attached hydrogens (tertiary/aromatic N) is 1. The molecule has 1 aliphatic heterocycles. The lowest BCUT2D eigenvalue weighted by atomic mass is 10.1. The molecule has 0 atom stereocenters. The lowest BCUT2D eigenvalue weighted by Crippen LogP contribution is -2.41. The average molecular weight is 286 g/mol. The number of ether oxygens (including phenoxy) is 1. The smallest absolute Gasteiger partial charge is 0.260 e. The fourth-order valence-electron chi connectivity index (χ4n) is 1.82. The number of halogens is 2. The molecular weight excluding hydrogens is 273 g/mol. The highest BCUT2D eigenvalue weighted by Crippen LogP contribution is 2.24. The van der Waals surface area contributed by atoms with E-state index in [4.69, 9.17) is 16.3 Å². The minimum atomic E-state index is -0.476. The number of piperidine rings is 1. The average Bonchev–Trinajstić information content (AvgIpc) is 2.40. The summed E-state index contributed by atoms with van der Waals surface area (Å²) in [4.78, 5) is 24.5. The fraction of sp³-hybridized carbons (Fsp3) is 0.385. The van der Waals surface area contributed by atoms with Gasteiger partial charge in [-0.1, -0.05) is 11.6 Å². The van der Waals surface area contributed by atoms with Crippen molar-refractivity contribution in [1.82, 2.24) is 4.90 Å². The van der Waals surface area contributed by atoms with Crippen molar-refractivity contribution in [2.24, 2.45) is 0 Å². The first kappa shape index (κ1) is 13.8. The van der Waals surface area contributed by atoms with Crippen molar-refractivity contribution in [1.29, 1.82) is 0 Å². The monoisotopic (exact) mass is 285 g/mol. The lowest BCUT2D eigenvalue weighted by molar-refractivity contribution is -0.136. The zero-order chi connectivity index (χ0) is 13.8. The maximum atomic E-state index is 13.0. The quantitative estimate of drug-likeness (QED) is 0.854. The minimum Gasteiger partial charge on any atom is -0.482 e. The van der Waals surface area contributed by atoms with E-state index in [1.807, 2.05) is 0 Å². The zero-order valence-electron chi connectivity index (χ0n) is 10.2. The Morgan fingerprint density at radius 2 is 2.05 bits per heavy atom. The minimum absolute atomic E-state index is 0.142. The van der Waals surface area contributed by atoms with Crippen LogP contribution in [0.15, 0.2) is 18.2 Å². The second kappa shape index (κ2) is 6.02. The molecule has 1 aromatic rings. The van der Waals surface area contributed by atoms with Gasteiger partial charge in [-0.25, -0.2) is 4.39 Å². The van der Waals surface area contributed by atoms with E-state index < -0.39 is 5.82 Å². The van der Waals surface area contributed by atoms with E-state index in [-0.39, 0.29) is 29.1 Å². The molecule has 0 N–H and O–H groups in total. The summed E-state index contributed by atoms with van der Waals surface area (Å²) >= 11 is 5.82. The molecule has 0 aromatic heterocycles. The lowest BCUT2D eigenvalue weighted by Gasteiger charge is -2.26. The second-order valence-corrected chi connectivity index (χ2v) is 4.69. The van der Waals surface area contributed by atoms with E-state index in [9.17, 15) is 14.0 Å². The molecule has 102 valence electrons.